The van der Waals surface area contributed by atoms with Gasteiger partial charge in [-0.25, -0.2) is 0 Å². The van der Waals surface area contributed by atoms with Crippen molar-refractivity contribution in [3.05, 3.63) is 36.5 Å². The predicted molar refractivity (Wildman–Crippen MR) is 253 cm³/mol. The summed E-state index contributed by atoms with van der Waals surface area (Å²) in [6, 6.07) is -0.620. The highest BCUT2D eigenvalue weighted by Gasteiger charge is 2.18. The first-order valence-corrected chi connectivity index (χ1v) is 25.7. The SMILES string of the molecule is CCCCCCC/C=C\C/C=C\CCCCCCCCCCCCCCCCCCCC(=O)NC(CO)C(O)/C=C/CCCCCCCCCCCCCCCC. The molecule has 2 atom stereocenters. The van der Waals surface area contributed by atoms with Crippen molar-refractivity contribution in [2.45, 2.75) is 289 Å². The summed E-state index contributed by atoms with van der Waals surface area (Å²) < 4.78 is 0. The van der Waals surface area contributed by atoms with Gasteiger partial charge in [0.05, 0.1) is 18.8 Å². The monoisotopic (exact) mass is 800 g/mol. The van der Waals surface area contributed by atoms with Gasteiger partial charge in [-0.05, 0) is 51.4 Å². The molecule has 0 aromatic carbocycles. The van der Waals surface area contributed by atoms with E-state index in [9.17, 15) is 15.0 Å². The molecule has 0 aliphatic carbocycles. The van der Waals surface area contributed by atoms with Crippen LogP contribution >= 0.6 is 0 Å². The van der Waals surface area contributed by atoms with Gasteiger partial charge in [-0.3, -0.25) is 4.79 Å². The van der Waals surface area contributed by atoms with E-state index in [-0.39, 0.29) is 12.5 Å². The number of allylic oxidation sites excluding steroid dienone is 5. The molecule has 0 saturated heterocycles. The maximum atomic E-state index is 12.4. The highest BCUT2D eigenvalue weighted by Crippen LogP contribution is 2.16. The number of carbonyl (C=O) groups is 1. The molecule has 336 valence electrons. The number of nitrogens with one attached hydrogen (secondary N) is 1. The van der Waals surface area contributed by atoms with E-state index in [0.29, 0.717) is 6.42 Å². The zero-order chi connectivity index (χ0) is 41.4. The summed E-state index contributed by atoms with van der Waals surface area (Å²) in [7, 11) is 0. The van der Waals surface area contributed by atoms with Crippen LogP contribution in [0, 0.1) is 0 Å². The smallest absolute Gasteiger partial charge is 0.220 e. The fraction of sp³-hybridized carbons (Fsp3) is 0.868. The number of carbonyl (C=O) groups excluding carboxylic acids is 1. The summed E-state index contributed by atoms with van der Waals surface area (Å²) in [4.78, 5) is 12.4. The van der Waals surface area contributed by atoms with Crippen LogP contribution in [0.5, 0.6) is 0 Å². The Morgan fingerprint density at radius 3 is 1.05 bits per heavy atom. The maximum absolute atomic E-state index is 12.4. The number of hydrogen-bond donors (Lipinski definition) is 3. The quantitative estimate of drug-likeness (QED) is 0.0424. The third-order valence-electron chi connectivity index (χ3n) is 11.9. The molecule has 0 aliphatic heterocycles. The van der Waals surface area contributed by atoms with Crippen LogP contribution in [0.2, 0.25) is 0 Å². The van der Waals surface area contributed by atoms with Gasteiger partial charge in [0.25, 0.3) is 0 Å². The lowest BCUT2D eigenvalue weighted by atomic mass is 10.0. The first-order valence-electron chi connectivity index (χ1n) is 25.7. The maximum Gasteiger partial charge on any atom is 0.220 e. The summed E-state index contributed by atoms with van der Waals surface area (Å²) in [6.45, 7) is 4.32. The molecule has 0 fully saturated rings. The lowest BCUT2D eigenvalue weighted by molar-refractivity contribution is -0.123. The molecule has 3 N–H and O–H groups in total. The molecule has 0 heterocycles. The zero-order valence-electron chi connectivity index (χ0n) is 38.6. The zero-order valence-corrected chi connectivity index (χ0v) is 38.6. The number of aliphatic hydroxyl groups is 2. The first kappa shape index (κ1) is 55.6. The van der Waals surface area contributed by atoms with Gasteiger partial charge in [-0.1, -0.05) is 256 Å². The molecule has 0 aliphatic rings. The molecule has 0 saturated carbocycles. The second-order valence-electron chi connectivity index (χ2n) is 17.6. The Kier molecular flexibility index (Phi) is 47.8. The minimum atomic E-state index is -0.837. The summed E-state index contributed by atoms with van der Waals surface area (Å²) in [5, 5.41) is 23.1. The highest BCUT2D eigenvalue weighted by atomic mass is 16.3. The van der Waals surface area contributed by atoms with Gasteiger partial charge in [0.15, 0.2) is 0 Å². The predicted octanol–water partition coefficient (Wildman–Crippen LogP) is 16.5. The van der Waals surface area contributed by atoms with Gasteiger partial charge >= 0.3 is 0 Å². The fourth-order valence-electron chi connectivity index (χ4n) is 7.92. The molecule has 0 rings (SSSR count). The summed E-state index contributed by atoms with van der Waals surface area (Å²) in [5.74, 6) is -0.0608. The molecule has 1 amide bonds. The summed E-state index contributed by atoms with van der Waals surface area (Å²) in [5.41, 5.74) is 0. The third-order valence-corrected chi connectivity index (χ3v) is 11.9. The molecule has 0 radical (unpaired) electrons. The van der Waals surface area contributed by atoms with Crippen LogP contribution < -0.4 is 5.32 Å². The average Bonchev–Trinajstić information content (AvgIpc) is 3.22. The van der Waals surface area contributed by atoms with Crippen molar-refractivity contribution in [3.63, 3.8) is 0 Å². The van der Waals surface area contributed by atoms with Crippen molar-refractivity contribution < 1.29 is 15.0 Å². The number of aliphatic hydroxyl groups excluding tert-OH is 2. The van der Waals surface area contributed by atoms with Crippen LogP contribution in [0.15, 0.2) is 36.5 Å². The van der Waals surface area contributed by atoms with Crippen LogP contribution in [0.25, 0.3) is 0 Å². The minimum absolute atomic E-state index is 0.0608. The van der Waals surface area contributed by atoms with Crippen LogP contribution in [0.3, 0.4) is 0 Å². The number of hydrogen-bond acceptors (Lipinski definition) is 3. The van der Waals surface area contributed by atoms with Crippen molar-refractivity contribution >= 4 is 5.91 Å². The lowest BCUT2D eigenvalue weighted by Gasteiger charge is -2.20. The Hall–Kier alpha value is -1.39. The average molecular weight is 800 g/mol. The van der Waals surface area contributed by atoms with Crippen molar-refractivity contribution in [1.82, 2.24) is 5.32 Å². The molecule has 0 aromatic rings. The van der Waals surface area contributed by atoms with E-state index in [4.69, 9.17) is 0 Å². The van der Waals surface area contributed by atoms with E-state index >= 15 is 0 Å². The second-order valence-corrected chi connectivity index (χ2v) is 17.6. The van der Waals surface area contributed by atoms with E-state index in [2.05, 4.69) is 43.5 Å². The van der Waals surface area contributed by atoms with E-state index in [1.54, 1.807) is 6.08 Å². The first-order chi connectivity index (χ1) is 28.2. The number of unbranched alkanes of at least 4 members (excludes halogenated alkanes) is 36. The molecule has 0 aromatic heterocycles. The Labute approximate surface area is 357 Å². The third kappa shape index (κ3) is 45.5. The molecule has 4 heteroatoms. The Morgan fingerprint density at radius 2 is 0.719 bits per heavy atom. The molecule has 2 unspecified atom stereocenters. The van der Waals surface area contributed by atoms with Crippen LogP contribution in [0.4, 0.5) is 0 Å². The summed E-state index contributed by atoms with van der Waals surface area (Å²) in [6.07, 6.45) is 65.7. The van der Waals surface area contributed by atoms with E-state index in [1.165, 1.54) is 225 Å². The van der Waals surface area contributed by atoms with Crippen LogP contribution in [-0.4, -0.2) is 34.9 Å². The van der Waals surface area contributed by atoms with Crippen LogP contribution in [-0.2, 0) is 4.79 Å². The van der Waals surface area contributed by atoms with Crippen molar-refractivity contribution in [2.75, 3.05) is 6.61 Å². The molecular formula is C53H101NO3. The fourth-order valence-corrected chi connectivity index (χ4v) is 7.92. The Balaban J connectivity index is 3.47. The normalized spacial score (nSPS) is 13.1. The Bertz CT molecular complexity index is 866. The standard InChI is InChI=1S/C53H101NO3/c1-3-5-7-9-11-13-15-17-19-21-22-23-24-25-26-27-28-29-30-31-32-33-35-37-39-41-43-45-47-49-53(57)54-51(50-55)52(56)48-46-44-42-40-38-36-34-20-18-16-14-12-10-8-6-4-2/h15,17,21-22,46,48,51-52,55-56H,3-14,16,18-20,23-45,47,49-50H2,1-2H3,(H,54,57)/b17-15-,22-21-,48-46+. The number of amides is 1. The van der Waals surface area contributed by atoms with E-state index < -0.39 is 12.1 Å². The van der Waals surface area contributed by atoms with Crippen LogP contribution in [0.1, 0.15) is 277 Å². The molecule has 0 spiro atoms. The van der Waals surface area contributed by atoms with Crippen molar-refractivity contribution in [3.8, 4) is 0 Å². The Morgan fingerprint density at radius 1 is 0.421 bits per heavy atom. The molecule has 4 nitrogen and oxygen atoms in total. The minimum Gasteiger partial charge on any atom is -0.394 e. The topological polar surface area (TPSA) is 69.6 Å². The molecule has 57 heavy (non-hydrogen) atoms. The van der Waals surface area contributed by atoms with Gasteiger partial charge in [-0.15, -0.1) is 0 Å². The van der Waals surface area contributed by atoms with Gasteiger partial charge in [0.1, 0.15) is 0 Å². The molecular weight excluding hydrogens is 699 g/mol. The van der Waals surface area contributed by atoms with E-state index in [1.807, 2.05) is 6.08 Å². The highest BCUT2D eigenvalue weighted by molar-refractivity contribution is 5.76. The van der Waals surface area contributed by atoms with Gasteiger partial charge in [0.2, 0.25) is 5.91 Å². The van der Waals surface area contributed by atoms with Gasteiger partial charge in [0, 0.05) is 6.42 Å². The van der Waals surface area contributed by atoms with Gasteiger partial charge < -0.3 is 15.5 Å². The van der Waals surface area contributed by atoms with E-state index in [0.717, 1.165) is 32.1 Å². The van der Waals surface area contributed by atoms with Gasteiger partial charge in [-0.2, -0.15) is 0 Å². The van der Waals surface area contributed by atoms with Crippen molar-refractivity contribution in [1.29, 1.82) is 0 Å². The largest absolute Gasteiger partial charge is 0.394 e. The summed E-state index contributed by atoms with van der Waals surface area (Å²) >= 11 is 0. The number of rotatable bonds is 47. The second kappa shape index (κ2) is 49.0. The molecule has 0 bridgehead atoms. The van der Waals surface area contributed by atoms with Crippen molar-refractivity contribution in [2.24, 2.45) is 0 Å². The lowest BCUT2D eigenvalue weighted by Crippen LogP contribution is -2.45.